The third-order valence-electron chi connectivity index (χ3n) is 9.09. The summed E-state index contributed by atoms with van der Waals surface area (Å²) in [7, 11) is -3.14. The van der Waals surface area contributed by atoms with E-state index in [9.17, 15) is 23.1 Å². The first-order valence-corrected chi connectivity index (χ1v) is 18.8. The number of aromatic carboxylic acids is 1. The van der Waals surface area contributed by atoms with Crippen LogP contribution in [0.4, 0.5) is 0 Å². The molecule has 0 radical (unpaired) electrons. The molecular weight excluding hydrogens is 629 g/mol. The van der Waals surface area contributed by atoms with Gasteiger partial charge in [-0.15, -0.1) is 22.7 Å². The Bertz CT molecular complexity index is 2070. The van der Waals surface area contributed by atoms with Gasteiger partial charge in [0.15, 0.2) is 9.84 Å². The molecule has 5 aromatic rings. The number of aryl methyl sites for hydroxylation is 2. The minimum Gasteiger partial charge on any atom is -0.477 e. The van der Waals surface area contributed by atoms with Crippen molar-refractivity contribution in [1.29, 1.82) is 0 Å². The molecule has 0 unspecified atom stereocenters. The second-order valence-electron chi connectivity index (χ2n) is 12.1. The second-order valence-corrected chi connectivity index (χ2v) is 16.7. The van der Waals surface area contributed by atoms with Crippen LogP contribution in [0.3, 0.4) is 0 Å². The lowest BCUT2D eigenvalue weighted by atomic mass is 9.83. The van der Waals surface area contributed by atoms with Crippen LogP contribution in [0.25, 0.3) is 42.9 Å². The summed E-state index contributed by atoms with van der Waals surface area (Å²) in [5.74, 6) is -0.972. The first kappa shape index (κ1) is 30.1. The normalized spacial score (nSPS) is 17.3. The predicted molar refractivity (Wildman–Crippen MR) is 179 cm³/mol. The SMILES string of the molecule is Cc1nc(C)c(-c2ccc3cc(-c4c(C5CCCCC5)c5sc(C(=O)O)cc5n4CC(=O)N4CCS(=O)(=O)CC4)ccc3n2)s1. The maximum absolute atomic E-state index is 13.7. The van der Waals surface area contributed by atoms with Crippen LogP contribution in [-0.2, 0) is 21.2 Å². The summed E-state index contributed by atoms with van der Waals surface area (Å²) in [6.45, 7) is 4.34. The molecule has 1 saturated heterocycles. The summed E-state index contributed by atoms with van der Waals surface area (Å²) in [5.41, 5.74) is 6.48. The van der Waals surface area contributed by atoms with Gasteiger partial charge in [0.2, 0.25) is 5.91 Å². The number of rotatable bonds is 6. The summed E-state index contributed by atoms with van der Waals surface area (Å²) in [4.78, 5) is 38.3. The van der Waals surface area contributed by atoms with E-state index in [1.54, 1.807) is 22.3 Å². The highest BCUT2D eigenvalue weighted by Crippen LogP contribution is 2.47. The number of amides is 1. The second kappa shape index (κ2) is 11.6. The van der Waals surface area contributed by atoms with Crippen LogP contribution in [0.1, 0.15) is 64.0 Å². The molecule has 45 heavy (non-hydrogen) atoms. The fourth-order valence-electron chi connectivity index (χ4n) is 6.86. The van der Waals surface area contributed by atoms with E-state index >= 15 is 0 Å². The van der Waals surface area contributed by atoms with Crippen molar-refractivity contribution >= 4 is 65.5 Å². The van der Waals surface area contributed by atoms with Gasteiger partial charge in [-0.1, -0.05) is 31.4 Å². The van der Waals surface area contributed by atoms with Gasteiger partial charge in [0.05, 0.1) is 54.2 Å². The van der Waals surface area contributed by atoms with Crippen molar-refractivity contribution in [3.05, 3.63) is 57.5 Å². The smallest absolute Gasteiger partial charge is 0.345 e. The molecule has 0 atom stereocenters. The number of fused-ring (bicyclic) bond motifs is 2. The van der Waals surface area contributed by atoms with Gasteiger partial charge in [0.1, 0.15) is 11.4 Å². The van der Waals surface area contributed by atoms with E-state index in [-0.39, 0.29) is 47.8 Å². The lowest BCUT2D eigenvalue weighted by Gasteiger charge is -2.28. The molecule has 1 N–H and O–H groups in total. The number of thiophene rings is 1. The molecule has 1 amide bonds. The Morgan fingerprint density at radius 2 is 1.73 bits per heavy atom. The monoisotopic (exact) mass is 662 g/mol. The van der Waals surface area contributed by atoms with Crippen molar-refractivity contribution in [2.75, 3.05) is 24.6 Å². The van der Waals surface area contributed by atoms with Gasteiger partial charge in [0, 0.05) is 18.5 Å². The highest BCUT2D eigenvalue weighted by molar-refractivity contribution is 7.91. The van der Waals surface area contributed by atoms with Gasteiger partial charge in [-0.05, 0) is 68.0 Å². The number of benzene rings is 1. The minimum atomic E-state index is -3.14. The Hall–Kier alpha value is -3.61. The Morgan fingerprint density at radius 3 is 2.42 bits per heavy atom. The summed E-state index contributed by atoms with van der Waals surface area (Å²) >= 11 is 2.92. The molecule has 1 saturated carbocycles. The molecule has 2 fully saturated rings. The number of nitrogens with zero attached hydrogens (tertiary/aromatic N) is 4. The number of carboxylic acid groups (broad SMARTS) is 1. The van der Waals surface area contributed by atoms with Crippen molar-refractivity contribution in [2.45, 2.75) is 58.4 Å². The third kappa shape index (κ3) is 5.68. The molecular formula is C33H34N4O5S3. The van der Waals surface area contributed by atoms with Gasteiger partial charge in [-0.3, -0.25) is 4.79 Å². The molecule has 7 rings (SSSR count). The fourth-order valence-corrected chi connectivity index (χ4v) is 10.1. The first-order valence-electron chi connectivity index (χ1n) is 15.3. The van der Waals surface area contributed by atoms with Crippen LogP contribution in [-0.4, -0.2) is 69.4 Å². The number of hydrogen-bond acceptors (Lipinski definition) is 8. The van der Waals surface area contributed by atoms with Crippen LogP contribution in [0, 0.1) is 13.8 Å². The Labute approximate surface area is 269 Å². The average molecular weight is 663 g/mol. The van der Waals surface area contributed by atoms with Crippen LogP contribution in [0.5, 0.6) is 0 Å². The Balaban J connectivity index is 1.37. The largest absolute Gasteiger partial charge is 0.477 e. The molecule has 1 aliphatic carbocycles. The molecule has 5 heterocycles. The van der Waals surface area contributed by atoms with E-state index in [0.717, 1.165) is 84.9 Å². The fraction of sp³-hybridized carbons (Fsp3) is 0.394. The maximum atomic E-state index is 13.7. The van der Waals surface area contributed by atoms with Crippen LogP contribution < -0.4 is 0 Å². The summed E-state index contributed by atoms with van der Waals surface area (Å²) < 4.78 is 27.0. The molecule has 9 nitrogen and oxygen atoms in total. The Kier molecular flexibility index (Phi) is 7.77. The van der Waals surface area contributed by atoms with Gasteiger partial charge in [0.25, 0.3) is 0 Å². The summed E-state index contributed by atoms with van der Waals surface area (Å²) in [6, 6.07) is 12.0. The number of thiazole rings is 1. The highest BCUT2D eigenvalue weighted by atomic mass is 32.2. The zero-order valence-electron chi connectivity index (χ0n) is 25.2. The van der Waals surface area contributed by atoms with Crippen molar-refractivity contribution < 1.29 is 23.1 Å². The van der Waals surface area contributed by atoms with Crippen LogP contribution in [0.15, 0.2) is 36.4 Å². The van der Waals surface area contributed by atoms with E-state index in [4.69, 9.17) is 4.98 Å². The number of carbonyl (C=O) groups is 2. The van der Waals surface area contributed by atoms with Crippen molar-refractivity contribution in [2.24, 2.45) is 0 Å². The minimum absolute atomic E-state index is 0.00756. The zero-order chi connectivity index (χ0) is 31.5. The average Bonchev–Trinajstić information content (AvgIpc) is 3.69. The summed E-state index contributed by atoms with van der Waals surface area (Å²) in [5, 5.41) is 11.9. The number of carboxylic acids is 1. The van der Waals surface area contributed by atoms with E-state index in [1.807, 2.05) is 30.5 Å². The van der Waals surface area contributed by atoms with Gasteiger partial charge in [-0.2, -0.15) is 0 Å². The third-order valence-corrected chi connectivity index (χ3v) is 12.9. The lowest BCUT2D eigenvalue weighted by Crippen LogP contribution is -2.45. The molecule has 12 heteroatoms. The number of hydrogen-bond donors (Lipinski definition) is 1. The van der Waals surface area contributed by atoms with E-state index in [2.05, 4.69) is 23.2 Å². The van der Waals surface area contributed by atoms with Crippen LogP contribution >= 0.6 is 22.7 Å². The number of pyridine rings is 1. The van der Waals surface area contributed by atoms with E-state index < -0.39 is 15.8 Å². The molecule has 4 aromatic heterocycles. The summed E-state index contributed by atoms with van der Waals surface area (Å²) in [6.07, 6.45) is 5.42. The predicted octanol–water partition coefficient (Wildman–Crippen LogP) is 6.66. The Morgan fingerprint density at radius 1 is 0.978 bits per heavy atom. The molecule has 0 bridgehead atoms. The first-order chi connectivity index (χ1) is 21.6. The molecule has 1 aromatic carbocycles. The molecule has 234 valence electrons. The van der Waals surface area contributed by atoms with E-state index in [1.165, 1.54) is 17.8 Å². The topological polar surface area (TPSA) is 122 Å². The quantitative estimate of drug-likeness (QED) is 0.216. The molecule has 1 aliphatic heterocycles. The van der Waals surface area contributed by atoms with Gasteiger partial charge in [-0.25, -0.2) is 23.2 Å². The van der Waals surface area contributed by atoms with E-state index in [0.29, 0.717) is 0 Å². The zero-order valence-corrected chi connectivity index (χ0v) is 27.7. The van der Waals surface area contributed by atoms with Crippen LogP contribution in [0.2, 0.25) is 0 Å². The van der Waals surface area contributed by atoms with Gasteiger partial charge >= 0.3 is 5.97 Å². The number of sulfone groups is 1. The standard InChI is InChI=1S/C33H34N4O5S3/c1-19-31(43-20(2)34-19)25-11-8-22-16-23(9-10-24(22)35-25)30-29(21-6-4-3-5-7-21)32-26(17-27(44-32)33(39)40)37(30)18-28(38)36-12-14-45(41,42)15-13-36/h8-11,16-17,21H,3-7,12-15,18H2,1-2H3,(H,39,40). The highest BCUT2D eigenvalue weighted by Gasteiger charge is 2.31. The molecule has 0 spiro atoms. The maximum Gasteiger partial charge on any atom is 0.345 e. The van der Waals surface area contributed by atoms with Crippen molar-refractivity contribution in [1.82, 2.24) is 19.4 Å². The number of carbonyl (C=O) groups excluding carboxylic acids is 1. The van der Waals surface area contributed by atoms with Crippen molar-refractivity contribution in [3.63, 3.8) is 0 Å². The van der Waals surface area contributed by atoms with Crippen molar-refractivity contribution in [3.8, 4) is 21.8 Å². The van der Waals surface area contributed by atoms with Gasteiger partial charge < -0.3 is 14.6 Å². The number of aromatic nitrogens is 3. The lowest BCUT2D eigenvalue weighted by molar-refractivity contribution is -0.131. The molecule has 2 aliphatic rings.